The first-order valence-electron chi connectivity index (χ1n) is 9.19. The highest BCUT2D eigenvalue weighted by Gasteiger charge is 2.74. The molecule has 1 aliphatic carbocycles. The molecule has 0 saturated heterocycles. The van der Waals surface area contributed by atoms with Crippen molar-refractivity contribution in [3.8, 4) is 17.5 Å². The van der Waals surface area contributed by atoms with Gasteiger partial charge in [-0.1, -0.05) is 48.5 Å². The summed E-state index contributed by atoms with van der Waals surface area (Å²) in [6.07, 6.45) is 1.45. The molecule has 0 spiro atoms. The molecule has 140 valence electrons. The molecule has 3 atom stereocenters. The molecule has 0 amide bonds. The lowest BCUT2D eigenvalue weighted by Gasteiger charge is -2.03. The van der Waals surface area contributed by atoms with Crippen molar-refractivity contribution >= 4 is 5.78 Å². The fraction of sp³-hybridized carbons (Fsp3) is 0.130. The quantitative estimate of drug-likeness (QED) is 0.476. The van der Waals surface area contributed by atoms with E-state index < -0.39 is 17.3 Å². The highest BCUT2D eigenvalue weighted by atomic mass is 16.4. The molecule has 1 fully saturated rings. The number of aromatic nitrogens is 2. The Hall–Kier alpha value is -3.98. The topological polar surface area (TPSA) is 92.9 Å². The number of benzene rings is 2. The number of nitrogens with zero attached hydrogens (tertiary/aromatic N) is 3. The molecule has 2 heterocycles. The molecule has 6 nitrogen and oxygen atoms in total. The minimum Gasteiger partial charge on any atom is -0.461 e. The standard InChI is InChI=1S/C23H15N3O3/c24-14-23(22-26-25-21(29-22)16-10-5-2-6-11-16)18(15-8-3-1-4-9-15)19(23)20(27)17-12-7-13-28-17/h1-13,18-19H/t18-,19+,23+/m1/s1. The molecule has 1 aliphatic rings. The highest BCUT2D eigenvalue weighted by molar-refractivity contribution is 6.01. The van der Waals surface area contributed by atoms with Crippen LogP contribution < -0.4 is 0 Å². The van der Waals surface area contributed by atoms with Gasteiger partial charge in [0.05, 0.1) is 18.3 Å². The summed E-state index contributed by atoms with van der Waals surface area (Å²) in [5.41, 5.74) is 0.397. The van der Waals surface area contributed by atoms with E-state index in [0.29, 0.717) is 5.89 Å². The Kier molecular flexibility index (Phi) is 3.88. The van der Waals surface area contributed by atoms with Crippen molar-refractivity contribution in [3.05, 3.63) is 96.3 Å². The van der Waals surface area contributed by atoms with E-state index in [4.69, 9.17) is 8.83 Å². The first-order chi connectivity index (χ1) is 14.3. The van der Waals surface area contributed by atoms with Crippen LogP contribution in [0.1, 0.15) is 27.9 Å². The van der Waals surface area contributed by atoms with E-state index in [1.54, 1.807) is 12.1 Å². The van der Waals surface area contributed by atoms with Crippen molar-refractivity contribution in [2.45, 2.75) is 11.3 Å². The zero-order chi connectivity index (χ0) is 19.8. The normalized spacial score (nSPS) is 22.7. The van der Waals surface area contributed by atoms with Crippen molar-refractivity contribution in [3.63, 3.8) is 0 Å². The van der Waals surface area contributed by atoms with Crippen LogP contribution in [0.15, 0.2) is 87.9 Å². The maximum Gasteiger partial charge on any atom is 0.247 e. The van der Waals surface area contributed by atoms with Gasteiger partial charge < -0.3 is 8.83 Å². The molecule has 0 N–H and O–H groups in total. The summed E-state index contributed by atoms with van der Waals surface area (Å²) in [7, 11) is 0. The van der Waals surface area contributed by atoms with E-state index in [0.717, 1.165) is 11.1 Å². The second kappa shape index (κ2) is 6.57. The molecule has 0 bridgehead atoms. The van der Waals surface area contributed by atoms with Crippen molar-refractivity contribution < 1.29 is 13.6 Å². The number of rotatable bonds is 5. The van der Waals surface area contributed by atoms with Crippen LogP contribution in [0.25, 0.3) is 11.5 Å². The Morgan fingerprint density at radius 2 is 1.69 bits per heavy atom. The van der Waals surface area contributed by atoms with Gasteiger partial charge in [0.15, 0.2) is 11.2 Å². The molecule has 0 radical (unpaired) electrons. The average Bonchev–Trinajstić information content (AvgIpc) is 3.17. The van der Waals surface area contributed by atoms with Gasteiger partial charge in [0, 0.05) is 11.5 Å². The fourth-order valence-electron chi connectivity index (χ4n) is 3.97. The van der Waals surface area contributed by atoms with Crippen molar-refractivity contribution in [1.29, 1.82) is 5.26 Å². The zero-order valence-corrected chi connectivity index (χ0v) is 15.2. The molecular formula is C23H15N3O3. The molecule has 4 aromatic rings. The van der Waals surface area contributed by atoms with E-state index in [1.165, 1.54) is 6.26 Å². The lowest BCUT2D eigenvalue weighted by atomic mass is 10.00. The third-order valence-corrected chi connectivity index (χ3v) is 5.40. The summed E-state index contributed by atoms with van der Waals surface area (Å²) in [5.74, 6) is -0.614. The van der Waals surface area contributed by atoms with Gasteiger partial charge in [0.2, 0.25) is 17.6 Å². The van der Waals surface area contributed by atoms with Crippen molar-refractivity contribution in [1.82, 2.24) is 10.2 Å². The monoisotopic (exact) mass is 381 g/mol. The molecule has 0 unspecified atom stereocenters. The van der Waals surface area contributed by atoms with Gasteiger partial charge in [-0.25, -0.2) is 0 Å². The lowest BCUT2D eigenvalue weighted by Crippen LogP contribution is -2.14. The first kappa shape index (κ1) is 17.1. The molecule has 6 heteroatoms. The lowest BCUT2D eigenvalue weighted by molar-refractivity contribution is 0.0930. The average molecular weight is 381 g/mol. The van der Waals surface area contributed by atoms with Gasteiger partial charge in [0.25, 0.3) is 0 Å². The van der Waals surface area contributed by atoms with Crippen LogP contribution >= 0.6 is 0 Å². The Morgan fingerprint density at radius 3 is 2.34 bits per heavy atom. The molecule has 29 heavy (non-hydrogen) atoms. The number of nitriles is 1. The SMILES string of the molecule is N#C[C@@]1(c2nnc(-c3ccccc3)o2)[C@H](C(=O)c2ccco2)[C@H]1c1ccccc1. The number of furan rings is 1. The predicted molar refractivity (Wildman–Crippen MR) is 103 cm³/mol. The number of hydrogen-bond donors (Lipinski definition) is 0. The van der Waals surface area contributed by atoms with Crippen LogP contribution in [0.4, 0.5) is 0 Å². The largest absolute Gasteiger partial charge is 0.461 e. The second-order valence-electron chi connectivity index (χ2n) is 6.97. The summed E-state index contributed by atoms with van der Waals surface area (Å²) >= 11 is 0. The number of Topliss-reactive ketones (excluding diaryl/α,β-unsaturated/α-hetero) is 1. The second-order valence-corrected chi connectivity index (χ2v) is 6.97. The van der Waals surface area contributed by atoms with Gasteiger partial charge in [0.1, 0.15) is 0 Å². The first-order valence-corrected chi connectivity index (χ1v) is 9.19. The molecule has 2 aromatic heterocycles. The summed E-state index contributed by atoms with van der Waals surface area (Å²) in [6, 6.07) is 24.4. The summed E-state index contributed by atoms with van der Waals surface area (Å²) in [5, 5.41) is 18.5. The van der Waals surface area contributed by atoms with E-state index in [2.05, 4.69) is 16.3 Å². The molecular weight excluding hydrogens is 366 g/mol. The Labute approximate surface area is 166 Å². The van der Waals surface area contributed by atoms with E-state index in [1.807, 2.05) is 60.7 Å². The van der Waals surface area contributed by atoms with Gasteiger partial charge in [-0.05, 0) is 29.8 Å². The smallest absolute Gasteiger partial charge is 0.247 e. The van der Waals surface area contributed by atoms with Crippen LogP contribution in [0.2, 0.25) is 0 Å². The Morgan fingerprint density at radius 1 is 0.966 bits per heavy atom. The maximum atomic E-state index is 13.1. The third-order valence-electron chi connectivity index (χ3n) is 5.40. The van der Waals surface area contributed by atoms with Gasteiger partial charge in [-0.2, -0.15) is 5.26 Å². The summed E-state index contributed by atoms with van der Waals surface area (Å²) < 4.78 is 11.2. The van der Waals surface area contributed by atoms with Crippen LogP contribution in [-0.4, -0.2) is 16.0 Å². The maximum absolute atomic E-state index is 13.1. The highest BCUT2D eigenvalue weighted by Crippen LogP contribution is 2.66. The van der Waals surface area contributed by atoms with Crippen molar-refractivity contribution in [2.75, 3.05) is 0 Å². The van der Waals surface area contributed by atoms with Crippen LogP contribution in [0.5, 0.6) is 0 Å². The zero-order valence-electron chi connectivity index (χ0n) is 15.2. The minimum absolute atomic E-state index is 0.151. The van der Waals surface area contributed by atoms with E-state index in [-0.39, 0.29) is 17.4 Å². The number of ketones is 1. The molecule has 0 aliphatic heterocycles. The Balaban J connectivity index is 1.60. The summed E-state index contributed by atoms with van der Waals surface area (Å²) in [4.78, 5) is 13.1. The van der Waals surface area contributed by atoms with E-state index in [9.17, 15) is 10.1 Å². The predicted octanol–water partition coefficient (Wildman–Crippen LogP) is 4.39. The minimum atomic E-state index is -1.23. The Bertz CT molecular complexity index is 1190. The fourth-order valence-corrected chi connectivity index (χ4v) is 3.97. The molecule has 2 aromatic carbocycles. The number of hydrogen-bond acceptors (Lipinski definition) is 6. The van der Waals surface area contributed by atoms with Crippen LogP contribution in [0, 0.1) is 17.2 Å². The van der Waals surface area contributed by atoms with Gasteiger partial charge in [-0.3, -0.25) is 4.79 Å². The third kappa shape index (κ3) is 2.59. The molecule has 1 saturated carbocycles. The number of carbonyl (C=O) groups excluding carboxylic acids is 1. The van der Waals surface area contributed by atoms with Crippen LogP contribution in [0.3, 0.4) is 0 Å². The van der Waals surface area contributed by atoms with E-state index >= 15 is 0 Å². The molecule has 5 rings (SSSR count). The van der Waals surface area contributed by atoms with Gasteiger partial charge in [-0.15, -0.1) is 10.2 Å². The number of carbonyl (C=O) groups is 1. The van der Waals surface area contributed by atoms with Gasteiger partial charge >= 0.3 is 0 Å². The summed E-state index contributed by atoms with van der Waals surface area (Å²) in [6.45, 7) is 0. The van der Waals surface area contributed by atoms with Crippen LogP contribution in [-0.2, 0) is 5.41 Å². The van der Waals surface area contributed by atoms with Crippen molar-refractivity contribution in [2.24, 2.45) is 5.92 Å².